The molecule has 1 aliphatic carbocycles. The first kappa shape index (κ1) is 26.2. The van der Waals surface area contributed by atoms with Gasteiger partial charge in [0.15, 0.2) is 0 Å². The number of benzene rings is 2. The van der Waals surface area contributed by atoms with E-state index in [-0.39, 0.29) is 18.3 Å². The highest BCUT2D eigenvalue weighted by molar-refractivity contribution is 9.10. The molecule has 10 heteroatoms. The summed E-state index contributed by atoms with van der Waals surface area (Å²) in [6.45, 7) is 5.39. The SMILES string of the molecule is CCOC(=O)c1c(CSc2c(Cl)cccc2Cl)n(C2CC2)c2cc(Br)c(O)c(CN3CCOCC3)c12. The van der Waals surface area contributed by atoms with Crippen LogP contribution in [-0.2, 0) is 21.8 Å². The number of ether oxygens (including phenoxy) is 2. The number of aromatic hydroxyl groups is 1. The van der Waals surface area contributed by atoms with Crippen molar-refractivity contribution in [2.45, 2.75) is 43.0 Å². The summed E-state index contributed by atoms with van der Waals surface area (Å²) in [7, 11) is 0. The number of esters is 1. The number of carbonyl (C=O) groups excluding carboxylic acids is 1. The molecule has 0 unspecified atom stereocenters. The number of fused-ring (bicyclic) bond motifs is 1. The number of phenols is 1. The maximum Gasteiger partial charge on any atom is 0.340 e. The van der Waals surface area contributed by atoms with Crippen LogP contribution in [0.15, 0.2) is 33.6 Å². The maximum atomic E-state index is 13.5. The highest BCUT2D eigenvalue weighted by Crippen LogP contribution is 2.48. The minimum atomic E-state index is -0.382. The molecule has 0 bridgehead atoms. The number of halogens is 3. The van der Waals surface area contributed by atoms with Crippen LogP contribution in [0.1, 0.15) is 47.4 Å². The Morgan fingerprint density at radius 2 is 1.94 bits per heavy atom. The third-order valence-corrected chi connectivity index (χ3v) is 9.18. The van der Waals surface area contributed by atoms with Crippen LogP contribution >= 0.6 is 50.9 Å². The lowest BCUT2D eigenvalue weighted by Crippen LogP contribution is -2.35. The first-order valence-corrected chi connectivity index (χ1v) is 14.5. The highest BCUT2D eigenvalue weighted by Gasteiger charge is 2.35. The number of morpholine rings is 1. The van der Waals surface area contributed by atoms with Gasteiger partial charge in [-0.15, -0.1) is 11.8 Å². The Morgan fingerprint density at radius 1 is 1.25 bits per heavy atom. The van der Waals surface area contributed by atoms with Gasteiger partial charge >= 0.3 is 5.97 Å². The van der Waals surface area contributed by atoms with Crippen LogP contribution in [0.25, 0.3) is 10.9 Å². The zero-order valence-electron chi connectivity index (χ0n) is 19.9. The van der Waals surface area contributed by atoms with Crippen molar-refractivity contribution in [3.05, 3.63) is 55.6 Å². The summed E-state index contributed by atoms with van der Waals surface area (Å²) in [5.74, 6) is 0.256. The van der Waals surface area contributed by atoms with Gasteiger partial charge in [0.2, 0.25) is 0 Å². The topological polar surface area (TPSA) is 63.9 Å². The molecule has 0 atom stereocenters. The molecule has 5 rings (SSSR count). The Bertz CT molecular complexity index is 1290. The molecule has 3 aromatic rings. The Morgan fingerprint density at radius 3 is 2.58 bits per heavy atom. The molecule has 0 spiro atoms. The molecule has 1 aromatic heterocycles. The summed E-state index contributed by atoms with van der Waals surface area (Å²) < 4.78 is 13.9. The molecular formula is C26H27BrCl2N2O4S. The van der Waals surface area contributed by atoms with Crippen molar-refractivity contribution in [1.29, 1.82) is 0 Å². The van der Waals surface area contributed by atoms with Crippen molar-refractivity contribution < 1.29 is 19.4 Å². The van der Waals surface area contributed by atoms with Gasteiger partial charge in [0, 0.05) is 53.0 Å². The molecule has 1 aliphatic heterocycles. The van der Waals surface area contributed by atoms with E-state index < -0.39 is 0 Å². The van der Waals surface area contributed by atoms with E-state index >= 15 is 0 Å². The fraction of sp³-hybridized carbons (Fsp3) is 0.423. The van der Waals surface area contributed by atoms with Crippen molar-refractivity contribution in [1.82, 2.24) is 9.47 Å². The Labute approximate surface area is 232 Å². The third kappa shape index (κ3) is 5.13. The van der Waals surface area contributed by atoms with Gasteiger partial charge in [-0.3, -0.25) is 4.90 Å². The molecule has 2 aromatic carbocycles. The van der Waals surface area contributed by atoms with Crippen LogP contribution in [0.4, 0.5) is 0 Å². The van der Waals surface area contributed by atoms with Crippen LogP contribution in [0.3, 0.4) is 0 Å². The summed E-state index contributed by atoms with van der Waals surface area (Å²) >= 11 is 18.0. The largest absolute Gasteiger partial charge is 0.506 e. The quantitative estimate of drug-likeness (QED) is 0.217. The van der Waals surface area contributed by atoms with Gasteiger partial charge in [0.05, 0.1) is 45.4 Å². The van der Waals surface area contributed by atoms with Crippen molar-refractivity contribution >= 4 is 67.8 Å². The minimum absolute atomic E-state index is 0.154. The summed E-state index contributed by atoms with van der Waals surface area (Å²) in [6.07, 6.45) is 2.07. The maximum absolute atomic E-state index is 13.5. The van der Waals surface area contributed by atoms with Crippen LogP contribution < -0.4 is 0 Å². The van der Waals surface area contributed by atoms with Crippen molar-refractivity contribution in [3.63, 3.8) is 0 Å². The molecule has 0 amide bonds. The predicted molar refractivity (Wildman–Crippen MR) is 148 cm³/mol. The molecule has 6 nitrogen and oxygen atoms in total. The second kappa shape index (κ2) is 11.1. The van der Waals surface area contributed by atoms with Gasteiger partial charge < -0.3 is 19.1 Å². The van der Waals surface area contributed by atoms with Gasteiger partial charge in [-0.05, 0) is 53.9 Å². The number of hydrogen-bond acceptors (Lipinski definition) is 6. The monoisotopic (exact) mass is 612 g/mol. The molecule has 2 fully saturated rings. The number of nitrogens with zero attached hydrogens (tertiary/aromatic N) is 2. The number of thioether (sulfide) groups is 1. The lowest BCUT2D eigenvalue weighted by Gasteiger charge is -2.27. The van der Waals surface area contributed by atoms with E-state index in [0.717, 1.165) is 53.0 Å². The molecule has 192 valence electrons. The molecule has 36 heavy (non-hydrogen) atoms. The number of aromatic nitrogens is 1. The van der Waals surface area contributed by atoms with E-state index in [1.807, 2.05) is 24.3 Å². The van der Waals surface area contributed by atoms with Crippen LogP contribution in [0.5, 0.6) is 5.75 Å². The zero-order valence-corrected chi connectivity index (χ0v) is 23.8. The molecule has 1 saturated heterocycles. The molecular weight excluding hydrogens is 587 g/mol. The van der Waals surface area contributed by atoms with Crippen molar-refractivity contribution in [2.75, 3.05) is 32.9 Å². The molecule has 2 heterocycles. The first-order valence-electron chi connectivity index (χ1n) is 12.0. The van der Waals surface area contributed by atoms with Gasteiger partial charge in [0.25, 0.3) is 0 Å². The summed E-state index contributed by atoms with van der Waals surface area (Å²) in [5.41, 5.74) is 3.04. The molecule has 1 N–H and O–H groups in total. The molecule has 1 saturated carbocycles. The van der Waals surface area contributed by atoms with Gasteiger partial charge in [0.1, 0.15) is 5.75 Å². The fourth-order valence-corrected chi connectivity index (χ4v) is 6.93. The van der Waals surface area contributed by atoms with E-state index in [9.17, 15) is 9.90 Å². The summed E-state index contributed by atoms with van der Waals surface area (Å²) in [4.78, 5) is 16.5. The normalized spacial score (nSPS) is 16.6. The fourth-order valence-electron chi connectivity index (χ4n) is 4.77. The number of phenolic OH excluding ortho intramolecular Hbond substituents is 1. The van der Waals surface area contributed by atoms with E-state index in [2.05, 4.69) is 25.4 Å². The van der Waals surface area contributed by atoms with Crippen LogP contribution in [-0.4, -0.2) is 53.5 Å². The summed E-state index contributed by atoms with van der Waals surface area (Å²) in [5, 5.41) is 13.1. The lowest BCUT2D eigenvalue weighted by molar-refractivity contribution is 0.0340. The first-order chi connectivity index (χ1) is 17.4. The van der Waals surface area contributed by atoms with Gasteiger partial charge in [-0.1, -0.05) is 29.3 Å². The molecule has 2 aliphatic rings. The third-order valence-electron chi connectivity index (χ3n) is 6.57. The smallest absolute Gasteiger partial charge is 0.340 e. The molecule has 0 radical (unpaired) electrons. The zero-order chi connectivity index (χ0) is 25.4. The average Bonchev–Trinajstić information content (AvgIpc) is 3.64. The van der Waals surface area contributed by atoms with E-state index in [1.165, 1.54) is 11.8 Å². The Kier molecular flexibility index (Phi) is 8.10. The Hall–Kier alpha value is -1.42. The van der Waals surface area contributed by atoms with Crippen LogP contribution in [0.2, 0.25) is 10.0 Å². The summed E-state index contributed by atoms with van der Waals surface area (Å²) in [6, 6.07) is 7.66. The second-order valence-electron chi connectivity index (χ2n) is 8.95. The van der Waals surface area contributed by atoms with Crippen LogP contribution in [0, 0.1) is 0 Å². The number of carbonyl (C=O) groups is 1. The Balaban J connectivity index is 1.69. The highest BCUT2D eigenvalue weighted by atomic mass is 79.9. The second-order valence-corrected chi connectivity index (χ2v) is 11.6. The van der Waals surface area contributed by atoms with Gasteiger partial charge in [-0.2, -0.15) is 0 Å². The van der Waals surface area contributed by atoms with Gasteiger partial charge in [-0.25, -0.2) is 4.79 Å². The predicted octanol–water partition coefficient (Wildman–Crippen LogP) is 7.05. The standard InChI is InChI=1S/C26H27BrCl2N2O4S/c1-2-35-26(33)23-21(14-36-25-18(28)4-3-5-19(25)29)31(15-6-7-15)20-12-17(27)24(32)16(22(20)23)13-30-8-10-34-11-9-30/h3-5,12,15,32H,2,6-11,13-14H2,1H3. The van der Waals surface area contributed by atoms with Crippen molar-refractivity contribution in [3.8, 4) is 5.75 Å². The van der Waals surface area contributed by atoms with E-state index in [4.69, 9.17) is 32.7 Å². The average molecular weight is 614 g/mol. The minimum Gasteiger partial charge on any atom is -0.506 e. The lowest BCUT2D eigenvalue weighted by atomic mass is 10.0. The van der Waals surface area contributed by atoms with E-state index in [1.54, 1.807) is 6.92 Å². The number of hydrogen-bond donors (Lipinski definition) is 1. The van der Waals surface area contributed by atoms with E-state index in [0.29, 0.717) is 51.6 Å². The van der Waals surface area contributed by atoms with Crippen molar-refractivity contribution in [2.24, 2.45) is 0 Å². The number of rotatable bonds is 8.